The number of rotatable bonds is 6. The van der Waals surface area contributed by atoms with Crippen molar-refractivity contribution in [3.63, 3.8) is 0 Å². The van der Waals surface area contributed by atoms with Crippen LogP contribution in [0, 0.1) is 0 Å². The van der Waals surface area contributed by atoms with Crippen LogP contribution >= 0.6 is 0 Å². The third-order valence-electron chi connectivity index (χ3n) is 5.44. The number of hydrogen-bond donors (Lipinski definition) is 0. The number of fused-ring (bicyclic) bond motifs is 3. The predicted molar refractivity (Wildman–Crippen MR) is 123 cm³/mol. The molecule has 1 nitrogen and oxygen atoms in total. The van der Waals surface area contributed by atoms with Crippen LogP contribution in [-0.4, -0.2) is 4.57 Å². The van der Waals surface area contributed by atoms with Crippen LogP contribution in [0.5, 0.6) is 0 Å². The van der Waals surface area contributed by atoms with Gasteiger partial charge in [-0.05, 0) is 41.5 Å². The van der Waals surface area contributed by atoms with E-state index < -0.39 is 0 Å². The highest BCUT2D eigenvalue weighted by molar-refractivity contribution is 6.08. The molecule has 0 aliphatic carbocycles. The predicted octanol–water partition coefficient (Wildman–Crippen LogP) is 8.26. The lowest BCUT2D eigenvalue weighted by Gasteiger charge is -2.19. The zero-order valence-electron chi connectivity index (χ0n) is 18.7. The van der Waals surface area contributed by atoms with E-state index in [4.69, 9.17) is 0 Å². The van der Waals surface area contributed by atoms with Crippen LogP contribution in [0.15, 0.2) is 36.4 Å². The molecule has 148 valence electrons. The molecule has 3 rings (SSSR count). The summed E-state index contributed by atoms with van der Waals surface area (Å²) in [6.07, 6.45) is 6.32. The standard InChI is InChI=1S/C24H33N.C2H6/c1-6-8-9-10-15-25-22-16-18(7-2)11-13-20(22)21-14-12-19(17-23(21)25)24(3,4)5;1-2/h11-14,16-17H,6-10,15H2,1-5H3;1-2H3. The van der Waals surface area contributed by atoms with E-state index in [-0.39, 0.29) is 5.41 Å². The lowest BCUT2D eigenvalue weighted by molar-refractivity contribution is 0.588. The summed E-state index contributed by atoms with van der Waals surface area (Å²) < 4.78 is 2.58. The molecule has 0 saturated carbocycles. The summed E-state index contributed by atoms with van der Waals surface area (Å²) in [6.45, 7) is 16.6. The average molecular weight is 366 g/mol. The first-order chi connectivity index (χ1) is 13.0. The molecule has 0 aliphatic heterocycles. The van der Waals surface area contributed by atoms with Gasteiger partial charge < -0.3 is 4.57 Å². The SMILES string of the molecule is CC.CCCCCCn1c2cc(CC)ccc2c2ccc(C(C)(C)C)cc21. The van der Waals surface area contributed by atoms with Crippen LogP contribution in [0.1, 0.15) is 85.3 Å². The van der Waals surface area contributed by atoms with Crippen LogP contribution in [0.4, 0.5) is 0 Å². The lowest BCUT2D eigenvalue weighted by atomic mass is 9.86. The van der Waals surface area contributed by atoms with Crippen LogP contribution in [-0.2, 0) is 18.4 Å². The number of hydrogen-bond acceptors (Lipinski definition) is 0. The molecule has 0 aliphatic rings. The van der Waals surface area contributed by atoms with Gasteiger partial charge in [-0.25, -0.2) is 0 Å². The van der Waals surface area contributed by atoms with Gasteiger partial charge in [0, 0.05) is 28.4 Å². The van der Waals surface area contributed by atoms with Gasteiger partial charge in [-0.1, -0.05) is 92.0 Å². The maximum absolute atomic E-state index is 2.58. The van der Waals surface area contributed by atoms with E-state index in [2.05, 4.69) is 75.6 Å². The molecule has 1 heteroatoms. The summed E-state index contributed by atoms with van der Waals surface area (Å²) in [5.41, 5.74) is 5.87. The molecule has 0 spiro atoms. The van der Waals surface area contributed by atoms with Crippen molar-refractivity contribution < 1.29 is 0 Å². The van der Waals surface area contributed by atoms with Gasteiger partial charge in [0.2, 0.25) is 0 Å². The average Bonchev–Trinajstić information content (AvgIpc) is 2.98. The van der Waals surface area contributed by atoms with E-state index in [9.17, 15) is 0 Å². The second-order valence-corrected chi connectivity index (χ2v) is 8.40. The van der Waals surface area contributed by atoms with Crippen molar-refractivity contribution >= 4 is 21.8 Å². The Bertz CT molecular complexity index is 861. The van der Waals surface area contributed by atoms with Crippen LogP contribution in [0.25, 0.3) is 21.8 Å². The third kappa shape index (κ3) is 4.75. The van der Waals surface area contributed by atoms with Gasteiger partial charge in [0.05, 0.1) is 0 Å². The summed E-state index contributed by atoms with van der Waals surface area (Å²) in [7, 11) is 0. The molecule has 1 heterocycles. The summed E-state index contributed by atoms with van der Waals surface area (Å²) >= 11 is 0. The van der Waals surface area contributed by atoms with E-state index >= 15 is 0 Å². The Morgan fingerprint density at radius 1 is 0.778 bits per heavy atom. The first-order valence-electron chi connectivity index (χ1n) is 11.0. The Morgan fingerprint density at radius 3 is 2.00 bits per heavy atom. The van der Waals surface area contributed by atoms with Gasteiger partial charge >= 0.3 is 0 Å². The summed E-state index contributed by atoms with van der Waals surface area (Å²) in [5.74, 6) is 0. The molecule has 0 fully saturated rings. The number of nitrogens with zero attached hydrogens (tertiary/aromatic N) is 1. The monoisotopic (exact) mass is 365 g/mol. The molecule has 3 aromatic rings. The summed E-state index contributed by atoms with van der Waals surface area (Å²) in [4.78, 5) is 0. The molecule has 0 saturated heterocycles. The summed E-state index contributed by atoms with van der Waals surface area (Å²) in [6, 6.07) is 14.1. The van der Waals surface area contributed by atoms with Crippen molar-refractivity contribution in [2.45, 2.75) is 92.5 Å². The highest BCUT2D eigenvalue weighted by Crippen LogP contribution is 2.34. The van der Waals surface area contributed by atoms with Crippen LogP contribution in [0.2, 0.25) is 0 Å². The van der Waals surface area contributed by atoms with Crippen LogP contribution in [0.3, 0.4) is 0 Å². The van der Waals surface area contributed by atoms with Crippen molar-refractivity contribution in [1.29, 1.82) is 0 Å². The zero-order valence-corrected chi connectivity index (χ0v) is 18.7. The van der Waals surface area contributed by atoms with Crippen molar-refractivity contribution in [2.75, 3.05) is 0 Å². The molecular weight excluding hydrogens is 326 g/mol. The number of aryl methyl sites for hydroxylation is 2. The lowest BCUT2D eigenvalue weighted by Crippen LogP contribution is -2.11. The number of benzene rings is 2. The van der Waals surface area contributed by atoms with Gasteiger partial charge in [0.25, 0.3) is 0 Å². The van der Waals surface area contributed by atoms with Gasteiger partial charge in [-0.2, -0.15) is 0 Å². The van der Waals surface area contributed by atoms with Crippen molar-refractivity contribution in [2.24, 2.45) is 0 Å². The fourth-order valence-electron chi connectivity index (χ4n) is 3.76. The molecule has 0 bridgehead atoms. The fourth-order valence-corrected chi connectivity index (χ4v) is 3.76. The largest absolute Gasteiger partial charge is 0.340 e. The molecule has 0 atom stereocenters. The minimum absolute atomic E-state index is 0.187. The van der Waals surface area contributed by atoms with Gasteiger partial charge in [0.1, 0.15) is 0 Å². The van der Waals surface area contributed by atoms with E-state index in [1.54, 1.807) is 0 Å². The topological polar surface area (TPSA) is 4.93 Å². The quantitative estimate of drug-likeness (QED) is 0.387. The zero-order chi connectivity index (χ0) is 20.0. The first-order valence-corrected chi connectivity index (χ1v) is 11.0. The number of unbranched alkanes of at least 4 members (excludes halogenated alkanes) is 3. The Morgan fingerprint density at radius 2 is 1.41 bits per heavy atom. The Balaban J connectivity index is 0.00000126. The number of aromatic nitrogens is 1. The second-order valence-electron chi connectivity index (χ2n) is 8.40. The smallest absolute Gasteiger partial charge is 0.0494 e. The minimum atomic E-state index is 0.187. The second kappa shape index (κ2) is 9.44. The molecule has 1 aromatic heterocycles. The molecule has 0 N–H and O–H groups in total. The minimum Gasteiger partial charge on any atom is -0.340 e. The Labute approximate surface area is 166 Å². The molecule has 0 unspecified atom stereocenters. The van der Waals surface area contributed by atoms with E-state index in [1.165, 1.54) is 58.6 Å². The molecule has 0 radical (unpaired) electrons. The molecule has 2 aromatic carbocycles. The molecular formula is C26H39N. The van der Waals surface area contributed by atoms with E-state index in [1.807, 2.05) is 13.8 Å². The van der Waals surface area contributed by atoms with Crippen molar-refractivity contribution in [1.82, 2.24) is 4.57 Å². The summed E-state index contributed by atoms with van der Waals surface area (Å²) in [5, 5.41) is 2.81. The Kier molecular flexibility index (Phi) is 7.53. The van der Waals surface area contributed by atoms with Crippen molar-refractivity contribution in [3.05, 3.63) is 47.5 Å². The van der Waals surface area contributed by atoms with Crippen molar-refractivity contribution in [3.8, 4) is 0 Å². The third-order valence-corrected chi connectivity index (χ3v) is 5.44. The fraction of sp³-hybridized carbons (Fsp3) is 0.538. The maximum atomic E-state index is 2.58. The highest BCUT2D eigenvalue weighted by atomic mass is 15.0. The van der Waals surface area contributed by atoms with E-state index in [0.29, 0.717) is 0 Å². The van der Waals surface area contributed by atoms with Gasteiger partial charge in [0.15, 0.2) is 0 Å². The van der Waals surface area contributed by atoms with Crippen LogP contribution < -0.4 is 0 Å². The molecule has 0 amide bonds. The van der Waals surface area contributed by atoms with Gasteiger partial charge in [-0.3, -0.25) is 0 Å². The Hall–Kier alpha value is -1.76. The first kappa shape index (κ1) is 21.5. The molecule has 27 heavy (non-hydrogen) atoms. The van der Waals surface area contributed by atoms with Gasteiger partial charge in [-0.15, -0.1) is 0 Å². The van der Waals surface area contributed by atoms with E-state index in [0.717, 1.165) is 13.0 Å². The maximum Gasteiger partial charge on any atom is 0.0494 e. The normalized spacial score (nSPS) is 11.7. The highest BCUT2D eigenvalue weighted by Gasteiger charge is 2.17.